The van der Waals surface area contributed by atoms with Gasteiger partial charge in [0.25, 0.3) is 0 Å². The van der Waals surface area contributed by atoms with Crippen LogP contribution in [0.5, 0.6) is 0 Å². The molecule has 2 heteroatoms. The Morgan fingerprint density at radius 2 is 1.83 bits per heavy atom. The summed E-state index contributed by atoms with van der Waals surface area (Å²) in [7, 11) is 0. The van der Waals surface area contributed by atoms with E-state index in [9.17, 15) is 4.79 Å². The Morgan fingerprint density at radius 3 is 2.42 bits per heavy atom. The number of rotatable bonds is 3. The molecule has 1 aliphatic rings. The van der Waals surface area contributed by atoms with Crippen LogP contribution >= 0.6 is 0 Å². The standard InChI is InChI=1S/C10H17NO/c12-9-11-8-7-10-5-3-1-2-4-6-10/h10H,1-8H2. The molecule has 0 aromatic rings. The summed E-state index contributed by atoms with van der Waals surface area (Å²) in [6.45, 7) is 0.689. The number of aliphatic imine (C=N–C) groups is 1. The number of carbonyl (C=O) groups excluding carboxylic acids is 1. The maximum Gasteiger partial charge on any atom is 0.234 e. The number of isocyanates is 1. The number of nitrogens with zero attached hydrogens (tertiary/aromatic N) is 1. The van der Waals surface area contributed by atoms with Crippen molar-refractivity contribution in [2.75, 3.05) is 6.54 Å². The Balaban J connectivity index is 2.15. The zero-order valence-corrected chi connectivity index (χ0v) is 7.59. The predicted molar refractivity (Wildman–Crippen MR) is 48.8 cm³/mol. The molecule has 0 spiro atoms. The lowest BCUT2D eigenvalue weighted by molar-refractivity contribution is 0.434. The largest absolute Gasteiger partial charge is 0.234 e. The van der Waals surface area contributed by atoms with E-state index in [-0.39, 0.29) is 0 Å². The van der Waals surface area contributed by atoms with Gasteiger partial charge >= 0.3 is 0 Å². The summed E-state index contributed by atoms with van der Waals surface area (Å²) >= 11 is 0. The lowest BCUT2D eigenvalue weighted by Gasteiger charge is -2.10. The van der Waals surface area contributed by atoms with Crippen LogP contribution in [0.15, 0.2) is 4.99 Å². The van der Waals surface area contributed by atoms with Crippen molar-refractivity contribution in [1.29, 1.82) is 0 Å². The van der Waals surface area contributed by atoms with E-state index in [0.29, 0.717) is 6.54 Å². The maximum atomic E-state index is 9.82. The quantitative estimate of drug-likeness (QED) is 0.361. The molecule has 0 saturated heterocycles. The Morgan fingerprint density at radius 1 is 1.17 bits per heavy atom. The van der Waals surface area contributed by atoms with E-state index in [1.54, 1.807) is 6.08 Å². The van der Waals surface area contributed by atoms with Crippen LogP contribution in [0.1, 0.15) is 44.9 Å². The van der Waals surface area contributed by atoms with E-state index in [1.165, 1.54) is 38.5 Å². The molecule has 12 heavy (non-hydrogen) atoms. The Kier molecular flexibility index (Phi) is 4.70. The molecule has 68 valence electrons. The van der Waals surface area contributed by atoms with Crippen LogP contribution in [0.4, 0.5) is 0 Å². The van der Waals surface area contributed by atoms with E-state index in [4.69, 9.17) is 0 Å². The molecular formula is C10H17NO. The van der Waals surface area contributed by atoms with Crippen LogP contribution in [0.3, 0.4) is 0 Å². The van der Waals surface area contributed by atoms with Crippen molar-refractivity contribution < 1.29 is 4.79 Å². The van der Waals surface area contributed by atoms with E-state index >= 15 is 0 Å². The minimum atomic E-state index is 0.689. The van der Waals surface area contributed by atoms with Gasteiger partial charge in [-0.05, 0) is 12.3 Å². The maximum absolute atomic E-state index is 9.82. The third-order valence-corrected chi connectivity index (χ3v) is 2.69. The monoisotopic (exact) mass is 167 g/mol. The molecule has 0 radical (unpaired) electrons. The average Bonchev–Trinajstić information content (AvgIpc) is 2.33. The summed E-state index contributed by atoms with van der Waals surface area (Å²) in [4.78, 5) is 13.4. The summed E-state index contributed by atoms with van der Waals surface area (Å²) in [5, 5.41) is 0. The summed E-state index contributed by atoms with van der Waals surface area (Å²) in [5.74, 6) is 0.824. The zero-order valence-electron chi connectivity index (χ0n) is 7.59. The molecule has 0 atom stereocenters. The van der Waals surface area contributed by atoms with Crippen molar-refractivity contribution in [3.63, 3.8) is 0 Å². The van der Waals surface area contributed by atoms with Gasteiger partial charge < -0.3 is 0 Å². The third-order valence-electron chi connectivity index (χ3n) is 2.69. The first-order valence-electron chi connectivity index (χ1n) is 4.97. The lowest BCUT2D eigenvalue weighted by atomic mass is 9.97. The first-order valence-corrected chi connectivity index (χ1v) is 4.97. The van der Waals surface area contributed by atoms with E-state index in [0.717, 1.165) is 12.3 Å². The van der Waals surface area contributed by atoms with Crippen molar-refractivity contribution in [2.24, 2.45) is 10.9 Å². The van der Waals surface area contributed by atoms with Crippen molar-refractivity contribution in [1.82, 2.24) is 0 Å². The molecule has 0 aromatic heterocycles. The van der Waals surface area contributed by atoms with Gasteiger partial charge in [-0.1, -0.05) is 38.5 Å². The smallest absolute Gasteiger partial charge is 0.211 e. The molecular weight excluding hydrogens is 150 g/mol. The molecule has 0 amide bonds. The summed E-state index contributed by atoms with van der Waals surface area (Å²) < 4.78 is 0. The van der Waals surface area contributed by atoms with Crippen LogP contribution in [0.25, 0.3) is 0 Å². The average molecular weight is 167 g/mol. The third kappa shape index (κ3) is 3.68. The van der Waals surface area contributed by atoms with Crippen molar-refractivity contribution >= 4 is 6.08 Å². The molecule has 0 bridgehead atoms. The van der Waals surface area contributed by atoms with Crippen molar-refractivity contribution in [3.8, 4) is 0 Å². The lowest BCUT2D eigenvalue weighted by Crippen LogP contribution is -2.00. The van der Waals surface area contributed by atoms with Gasteiger partial charge in [0.05, 0.1) is 6.54 Å². The predicted octanol–water partition coefficient (Wildman–Crippen LogP) is 2.68. The van der Waals surface area contributed by atoms with Crippen LogP contribution < -0.4 is 0 Å². The first kappa shape index (κ1) is 9.47. The molecule has 2 nitrogen and oxygen atoms in total. The van der Waals surface area contributed by atoms with E-state index < -0.39 is 0 Å². The number of hydrogen-bond acceptors (Lipinski definition) is 2. The fourth-order valence-corrected chi connectivity index (χ4v) is 1.95. The zero-order chi connectivity index (χ0) is 8.65. The summed E-state index contributed by atoms with van der Waals surface area (Å²) in [6, 6.07) is 0. The van der Waals surface area contributed by atoms with Crippen LogP contribution in [-0.2, 0) is 4.79 Å². The van der Waals surface area contributed by atoms with Gasteiger partial charge in [-0.2, -0.15) is 0 Å². The van der Waals surface area contributed by atoms with Crippen LogP contribution in [-0.4, -0.2) is 12.6 Å². The fourth-order valence-electron chi connectivity index (χ4n) is 1.95. The van der Waals surface area contributed by atoms with Gasteiger partial charge in [0, 0.05) is 0 Å². The molecule has 0 N–H and O–H groups in total. The van der Waals surface area contributed by atoms with Gasteiger partial charge in [-0.25, -0.2) is 9.79 Å². The van der Waals surface area contributed by atoms with Crippen LogP contribution in [0.2, 0.25) is 0 Å². The molecule has 0 aliphatic heterocycles. The van der Waals surface area contributed by atoms with E-state index in [1.807, 2.05) is 0 Å². The Bertz CT molecular complexity index is 153. The highest BCUT2D eigenvalue weighted by Gasteiger charge is 2.10. The second kappa shape index (κ2) is 5.96. The molecule has 0 unspecified atom stereocenters. The second-order valence-corrected chi connectivity index (χ2v) is 3.62. The molecule has 0 heterocycles. The molecule has 0 aromatic carbocycles. The minimum absolute atomic E-state index is 0.689. The fraction of sp³-hybridized carbons (Fsp3) is 0.900. The van der Waals surface area contributed by atoms with Gasteiger partial charge in [0.2, 0.25) is 6.08 Å². The summed E-state index contributed by atoms with van der Waals surface area (Å²) in [5.41, 5.74) is 0. The Hall–Kier alpha value is -0.620. The molecule has 1 rings (SSSR count). The first-order chi connectivity index (χ1) is 5.93. The van der Waals surface area contributed by atoms with Crippen molar-refractivity contribution in [2.45, 2.75) is 44.9 Å². The van der Waals surface area contributed by atoms with Gasteiger partial charge in [0.1, 0.15) is 0 Å². The van der Waals surface area contributed by atoms with Crippen molar-refractivity contribution in [3.05, 3.63) is 0 Å². The summed E-state index contributed by atoms with van der Waals surface area (Å²) in [6.07, 6.45) is 10.9. The topological polar surface area (TPSA) is 29.4 Å². The van der Waals surface area contributed by atoms with Gasteiger partial charge in [0.15, 0.2) is 0 Å². The number of hydrogen-bond donors (Lipinski definition) is 0. The highest BCUT2D eigenvalue weighted by Crippen LogP contribution is 2.25. The normalized spacial score (nSPS) is 19.7. The molecule has 1 fully saturated rings. The van der Waals surface area contributed by atoms with Crippen LogP contribution in [0, 0.1) is 5.92 Å². The molecule has 1 aliphatic carbocycles. The second-order valence-electron chi connectivity index (χ2n) is 3.62. The SMILES string of the molecule is O=C=NCCC1CCCCCC1. The van der Waals surface area contributed by atoms with Gasteiger partial charge in [-0.15, -0.1) is 0 Å². The highest BCUT2D eigenvalue weighted by molar-refractivity contribution is 5.32. The van der Waals surface area contributed by atoms with Gasteiger partial charge in [-0.3, -0.25) is 0 Å². The molecule has 1 saturated carbocycles. The van der Waals surface area contributed by atoms with E-state index in [2.05, 4.69) is 4.99 Å². The Labute approximate surface area is 74.1 Å². The highest BCUT2D eigenvalue weighted by atomic mass is 16.1. The minimum Gasteiger partial charge on any atom is -0.211 e.